The molecule has 1 aliphatic heterocycles. The van der Waals surface area contributed by atoms with E-state index in [-0.39, 0.29) is 41.3 Å². The number of para-hydroxylation sites is 1. The highest BCUT2D eigenvalue weighted by molar-refractivity contribution is 6.21. The fourth-order valence-electron chi connectivity index (χ4n) is 4.31. The minimum atomic E-state index is -0.504. The van der Waals surface area contributed by atoms with E-state index in [9.17, 15) is 24.5 Å². The maximum absolute atomic E-state index is 12.6. The monoisotopic (exact) mass is 498 g/mol. The van der Waals surface area contributed by atoms with Gasteiger partial charge >= 0.3 is 0 Å². The number of benzene rings is 3. The molecule has 0 unspecified atom stereocenters. The number of fused-ring (bicyclic) bond motifs is 2. The van der Waals surface area contributed by atoms with Gasteiger partial charge in [0.25, 0.3) is 17.5 Å². The number of nitro groups is 1. The van der Waals surface area contributed by atoms with Gasteiger partial charge < -0.3 is 9.73 Å². The van der Waals surface area contributed by atoms with Gasteiger partial charge in [-0.05, 0) is 43.2 Å². The van der Waals surface area contributed by atoms with Gasteiger partial charge in [0.2, 0.25) is 11.8 Å². The second-order valence-electron chi connectivity index (χ2n) is 8.64. The molecule has 0 aliphatic carbocycles. The Balaban J connectivity index is 1.16. The number of oxazole rings is 1. The number of carbonyl (C=O) groups excluding carboxylic acids is 3. The van der Waals surface area contributed by atoms with Crippen molar-refractivity contribution in [2.24, 2.45) is 0 Å². The van der Waals surface area contributed by atoms with Gasteiger partial charge in [0.15, 0.2) is 5.58 Å². The van der Waals surface area contributed by atoms with Gasteiger partial charge in [-0.1, -0.05) is 30.7 Å². The number of imide groups is 1. The first-order chi connectivity index (χ1) is 17.9. The fourth-order valence-corrected chi connectivity index (χ4v) is 4.31. The minimum Gasteiger partial charge on any atom is -0.436 e. The third-order valence-corrected chi connectivity index (χ3v) is 6.18. The molecule has 4 aromatic rings. The lowest BCUT2D eigenvalue weighted by Gasteiger charge is -2.13. The van der Waals surface area contributed by atoms with Crippen LogP contribution in [0.5, 0.6) is 0 Å². The van der Waals surface area contributed by atoms with Crippen LogP contribution in [0.4, 0.5) is 11.4 Å². The lowest BCUT2D eigenvalue weighted by molar-refractivity contribution is -0.384. The molecule has 37 heavy (non-hydrogen) atoms. The van der Waals surface area contributed by atoms with Crippen LogP contribution in [0.25, 0.3) is 22.6 Å². The van der Waals surface area contributed by atoms with E-state index < -0.39 is 4.92 Å². The van der Waals surface area contributed by atoms with Crippen molar-refractivity contribution in [1.82, 2.24) is 9.88 Å². The molecule has 2 heterocycles. The molecule has 0 spiro atoms. The molecule has 10 nitrogen and oxygen atoms in total. The maximum atomic E-state index is 12.6. The molecule has 1 aliphatic rings. The smallest absolute Gasteiger partial charge is 0.273 e. The van der Waals surface area contributed by atoms with E-state index in [1.54, 1.807) is 48.5 Å². The Bertz CT molecular complexity index is 1510. The molecule has 3 amide bonds. The summed E-state index contributed by atoms with van der Waals surface area (Å²) in [6, 6.07) is 18.0. The molecule has 0 fully saturated rings. The van der Waals surface area contributed by atoms with Crippen LogP contribution < -0.4 is 5.32 Å². The zero-order valence-electron chi connectivity index (χ0n) is 19.7. The second-order valence-corrected chi connectivity index (χ2v) is 8.64. The first kappa shape index (κ1) is 23.9. The van der Waals surface area contributed by atoms with Crippen LogP contribution in [-0.4, -0.2) is 39.1 Å². The number of carbonyl (C=O) groups is 3. The zero-order valence-corrected chi connectivity index (χ0v) is 19.7. The number of rotatable bonds is 9. The summed E-state index contributed by atoms with van der Waals surface area (Å²) in [7, 11) is 0. The highest BCUT2D eigenvalue weighted by atomic mass is 16.6. The fraction of sp³-hybridized carbons (Fsp3) is 0.185. The van der Waals surface area contributed by atoms with Gasteiger partial charge in [-0.2, -0.15) is 0 Å². The van der Waals surface area contributed by atoms with Crippen molar-refractivity contribution in [3.05, 3.63) is 88.0 Å². The van der Waals surface area contributed by atoms with E-state index >= 15 is 0 Å². The quantitative estimate of drug-likeness (QED) is 0.145. The summed E-state index contributed by atoms with van der Waals surface area (Å²) in [6.07, 6.45) is 2.12. The minimum absolute atomic E-state index is 0.0974. The van der Waals surface area contributed by atoms with Crippen LogP contribution in [0.2, 0.25) is 0 Å². The molecule has 0 saturated carbocycles. The number of anilines is 1. The largest absolute Gasteiger partial charge is 0.436 e. The Morgan fingerprint density at radius 1 is 0.919 bits per heavy atom. The Morgan fingerprint density at radius 3 is 2.30 bits per heavy atom. The summed E-state index contributed by atoms with van der Waals surface area (Å²) in [5, 5.41) is 13.9. The molecule has 0 atom stereocenters. The molecule has 1 aromatic heterocycles. The molecule has 1 N–H and O–H groups in total. The van der Waals surface area contributed by atoms with Gasteiger partial charge in [-0.25, -0.2) is 4.98 Å². The normalized spacial score (nSPS) is 12.7. The first-order valence-corrected chi connectivity index (χ1v) is 11.8. The summed E-state index contributed by atoms with van der Waals surface area (Å²) in [5.74, 6) is -0.500. The summed E-state index contributed by atoms with van der Waals surface area (Å²) >= 11 is 0. The molecular formula is C27H22N4O6. The number of hydrogen-bond acceptors (Lipinski definition) is 7. The topological polar surface area (TPSA) is 136 Å². The number of aromatic nitrogens is 1. The highest BCUT2D eigenvalue weighted by Gasteiger charge is 2.34. The van der Waals surface area contributed by atoms with E-state index in [1.807, 2.05) is 0 Å². The predicted octanol–water partition coefficient (Wildman–Crippen LogP) is 5.20. The van der Waals surface area contributed by atoms with Crippen molar-refractivity contribution in [2.45, 2.75) is 25.7 Å². The molecule has 186 valence electrons. The van der Waals surface area contributed by atoms with Gasteiger partial charge in [-0.3, -0.25) is 29.4 Å². The van der Waals surface area contributed by atoms with Crippen molar-refractivity contribution in [3.63, 3.8) is 0 Å². The zero-order chi connectivity index (χ0) is 25.9. The number of unbranched alkanes of at least 4 members (excludes halogenated alkanes) is 2. The standard InChI is InChI=1S/C27H22N4O6/c32-24(12-2-1-7-15-30-26(33)18-8-3-4-9-19(18)27(30)34)28-21-11-6-5-10-20(21)25-29-22-14-13-17(31(35)36)16-23(22)37-25/h3-6,8-11,13-14,16H,1-2,7,12,15H2,(H,28,32). The number of non-ortho nitro benzene ring substituents is 1. The van der Waals surface area contributed by atoms with Crippen molar-refractivity contribution in [2.75, 3.05) is 11.9 Å². The van der Waals surface area contributed by atoms with E-state index in [2.05, 4.69) is 10.3 Å². The molecule has 10 heteroatoms. The number of nitro benzene ring substituents is 1. The summed E-state index contributed by atoms with van der Waals surface area (Å²) in [4.78, 5) is 53.7. The Kier molecular flexibility index (Phi) is 6.46. The van der Waals surface area contributed by atoms with Gasteiger partial charge in [0.05, 0.1) is 33.4 Å². The van der Waals surface area contributed by atoms with E-state index in [1.165, 1.54) is 23.1 Å². The molecule has 0 radical (unpaired) electrons. The van der Waals surface area contributed by atoms with Gasteiger partial charge in [-0.15, -0.1) is 0 Å². The lowest BCUT2D eigenvalue weighted by Crippen LogP contribution is -2.30. The summed E-state index contributed by atoms with van der Waals surface area (Å²) in [6.45, 7) is 0.312. The molecule has 3 aromatic carbocycles. The van der Waals surface area contributed by atoms with Crippen molar-refractivity contribution < 1.29 is 23.7 Å². The van der Waals surface area contributed by atoms with Crippen molar-refractivity contribution >= 4 is 40.2 Å². The van der Waals surface area contributed by atoms with E-state index in [4.69, 9.17) is 4.42 Å². The van der Waals surface area contributed by atoms with Crippen molar-refractivity contribution in [1.29, 1.82) is 0 Å². The van der Waals surface area contributed by atoms with Crippen LogP contribution in [-0.2, 0) is 4.79 Å². The van der Waals surface area contributed by atoms with Crippen LogP contribution in [0.1, 0.15) is 46.4 Å². The first-order valence-electron chi connectivity index (χ1n) is 11.8. The Morgan fingerprint density at radius 2 is 1.59 bits per heavy atom. The van der Waals surface area contributed by atoms with Crippen LogP contribution in [0.3, 0.4) is 0 Å². The van der Waals surface area contributed by atoms with Crippen LogP contribution in [0, 0.1) is 10.1 Å². The van der Waals surface area contributed by atoms with Crippen molar-refractivity contribution in [3.8, 4) is 11.5 Å². The maximum Gasteiger partial charge on any atom is 0.273 e. The second kappa shape index (κ2) is 10.0. The number of nitrogens with one attached hydrogen (secondary N) is 1. The molecular weight excluding hydrogens is 476 g/mol. The number of hydrogen-bond donors (Lipinski definition) is 1. The number of nitrogens with zero attached hydrogens (tertiary/aromatic N) is 3. The Hall–Kier alpha value is -4.86. The van der Waals surface area contributed by atoms with E-state index in [0.29, 0.717) is 53.7 Å². The highest BCUT2D eigenvalue weighted by Crippen LogP contribution is 2.31. The Labute approximate surface area is 211 Å². The molecule has 5 rings (SSSR count). The summed E-state index contributed by atoms with van der Waals surface area (Å²) < 4.78 is 5.74. The van der Waals surface area contributed by atoms with Crippen LogP contribution >= 0.6 is 0 Å². The average molecular weight is 498 g/mol. The third-order valence-electron chi connectivity index (χ3n) is 6.18. The van der Waals surface area contributed by atoms with E-state index in [0.717, 1.165) is 0 Å². The van der Waals surface area contributed by atoms with Crippen LogP contribution in [0.15, 0.2) is 71.1 Å². The predicted molar refractivity (Wildman–Crippen MR) is 135 cm³/mol. The number of amides is 3. The molecule has 0 bridgehead atoms. The molecule has 0 saturated heterocycles. The SMILES string of the molecule is O=C(CCCCCN1C(=O)c2ccccc2C1=O)Nc1ccccc1-c1nc2ccc([N+](=O)[O-])cc2o1. The lowest BCUT2D eigenvalue weighted by atomic mass is 10.1. The third kappa shape index (κ3) is 4.81. The average Bonchev–Trinajstić information content (AvgIpc) is 3.43. The summed E-state index contributed by atoms with van der Waals surface area (Å²) in [5.41, 5.74) is 2.59. The van der Waals surface area contributed by atoms with Gasteiger partial charge in [0.1, 0.15) is 5.52 Å². The van der Waals surface area contributed by atoms with Gasteiger partial charge in [0, 0.05) is 19.0 Å².